The number of piperidine rings is 1. The summed E-state index contributed by atoms with van der Waals surface area (Å²) in [6.45, 7) is 0.477. The van der Waals surface area contributed by atoms with Gasteiger partial charge in [-0.2, -0.15) is 4.39 Å². The van der Waals surface area contributed by atoms with Gasteiger partial charge in [-0.25, -0.2) is 4.39 Å². The molecule has 0 atom stereocenters. The predicted octanol–water partition coefficient (Wildman–Crippen LogP) is 2.04. The minimum atomic E-state index is -1.20. The molecule has 0 aliphatic carbocycles. The SMILES string of the molecule is O=C1CCN(c2cc(F)cc(F)c2[N+](=O)[O-])CC1. The van der Waals surface area contributed by atoms with Gasteiger partial charge in [-0.3, -0.25) is 14.9 Å². The molecule has 1 aliphatic heterocycles. The van der Waals surface area contributed by atoms with Crippen molar-refractivity contribution in [3.05, 3.63) is 33.9 Å². The van der Waals surface area contributed by atoms with E-state index in [-0.39, 0.29) is 37.4 Å². The molecule has 0 unspecified atom stereocenters. The van der Waals surface area contributed by atoms with Gasteiger partial charge in [0.1, 0.15) is 17.3 Å². The third-order valence-electron chi connectivity index (χ3n) is 2.85. The molecule has 1 fully saturated rings. The van der Waals surface area contributed by atoms with Crippen LogP contribution in [0.15, 0.2) is 12.1 Å². The fourth-order valence-electron chi connectivity index (χ4n) is 1.97. The summed E-state index contributed by atoms with van der Waals surface area (Å²) in [5, 5.41) is 10.8. The molecular formula is C11H10F2N2O3. The summed E-state index contributed by atoms with van der Waals surface area (Å²) in [5.41, 5.74) is -0.851. The zero-order valence-electron chi connectivity index (χ0n) is 9.36. The average Bonchev–Trinajstić information content (AvgIpc) is 2.28. The minimum Gasteiger partial charge on any atom is -0.365 e. The molecule has 0 radical (unpaired) electrons. The second kappa shape index (κ2) is 4.67. The van der Waals surface area contributed by atoms with E-state index in [1.807, 2.05) is 0 Å². The van der Waals surface area contributed by atoms with E-state index in [2.05, 4.69) is 0 Å². The number of halogens is 2. The Balaban J connectivity index is 2.42. The van der Waals surface area contributed by atoms with Gasteiger partial charge in [0.2, 0.25) is 5.82 Å². The number of hydrogen-bond donors (Lipinski definition) is 0. The summed E-state index contributed by atoms with van der Waals surface area (Å²) in [5.74, 6) is -2.03. The van der Waals surface area contributed by atoms with Crippen molar-refractivity contribution >= 4 is 17.2 Å². The van der Waals surface area contributed by atoms with Crippen LogP contribution in [-0.2, 0) is 4.79 Å². The Morgan fingerprint density at radius 2 is 1.83 bits per heavy atom. The van der Waals surface area contributed by atoms with Crippen molar-refractivity contribution in [1.29, 1.82) is 0 Å². The van der Waals surface area contributed by atoms with E-state index in [0.717, 1.165) is 6.07 Å². The Morgan fingerprint density at radius 1 is 1.22 bits per heavy atom. The number of hydrogen-bond acceptors (Lipinski definition) is 4. The maximum atomic E-state index is 13.4. The van der Waals surface area contributed by atoms with Crippen molar-refractivity contribution in [1.82, 2.24) is 0 Å². The number of anilines is 1. The van der Waals surface area contributed by atoms with E-state index in [0.29, 0.717) is 6.07 Å². The minimum absolute atomic E-state index is 0.0470. The summed E-state index contributed by atoms with van der Waals surface area (Å²) in [7, 11) is 0. The quantitative estimate of drug-likeness (QED) is 0.600. The van der Waals surface area contributed by atoms with Crippen LogP contribution in [0, 0.1) is 21.7 Å². The van der Waals surface area contributed by atoms with E-state index >= 15 is 0 Å². The topological polar surface area (TPSA) is 63.5 Å². The molecule has 0 bridgehead atoms. The van der Waals surface area contributed by atoms with Gasteiger partial charge in [-0.05, 0) is 0 Å². The molecule has 0 N–H and O–H groups in total. The second-order valence-corrected chi connectivity index (χ2v) is 4.04. The van der Waals surface area contributed by atoms with Gasteiger partial charge in [0.05, 0.1) is 4.92 Å². The normalized spacial score (nSPS) is 15.9. The Labute approximate surface area is 101 Å². The summed E-state index contributed by atoms with van der Waals surface area (Å²) >= 11 is 0. The van der Waals surface area contributed by atoms with Crippen LogP contribution in [0.2, 0.25) is 0 Å². The summed E-state index contributed by atoms with van der Waals surface area (Å²) < 4.78 is 26.6. The van der Waals surface area contributed by atoms with E-state index in [1.54, 1.807) is 0 Å². The number of ketones is 1. The highest BCUT2D eigenvalue weighted by Gasteiger charge is 2.28. The number of carbonyl (C=O) groups excluding carboxylic acids is 1. The fraction of sp³-hybridized carbons (Fsp3) is 0.364. The zero-order valence-corrected chi connectivity index (χ0v) is 9.36. The Morgan fingerprint density at radius 3 is 2.39 bits per heavy atom. The predicted molar refractivity (Wildman–Crippen MR) is 59.5 cm³/mol. The molecule has 1 aromatic rings. The lowest BCUT2D eigenvalue weighted by molar-refractivity contribution is -0.386. The first-order valence-corrected chi connectivity index (χ1v) is 5.39. The molecule has 96 valence electrons. The Hall–Kier alpha value is -2.05. The van der Waals surface area contributed by atoms with Gasteiger partial charge in [0.15, 0.2) is 0 Å². The van der Waals surface area contributed by atoms with Crippen LogP contribution in [0.25, 0.3) is 0 Å². The van der Waals surface area contributed by atoms with Crippen molar-refractivity contribution < 1.29 is 18.5 Å². The molecule has 1 aliphatic rings. The molecule has 0 amide bonds. The van der Waals surface area contributed by atoms with Crippen LogP contribution < -0.4 is 4.90 Å². The maximum absolute atomic E-state index is 13.4. The summed E-state index contributed by atoms with van der Waals surface area (Å²) in [6.07, 6.45) is 0.463. The molecule has 0 saturated carbocycles. The van der Waals surface area contributed by atoms with Crippen LogP contribution in [0.5, 0.6) is 0 Å². The summed E-state index contributed by atoms with van der Waals surface area (Å²) in [4.78, 5) is 22.5. The second-order valence-electron chi connectivity index (χ2n) is 4.04. The van der Waals surface area contributed by atoms with Crippen LogP contribution in [0.4, 0.5) is 20.2 Å². The average molecular weight is 256 g/mol. The van der Waals surface area contributed by atoms with Crippen LogP contribution in [0.3, 0.4) is 0 Å². The maximum Gasteiger partial charge on any atom is 0.328 e. The van der Waals surface area contributed by atoms with Gasteiger partial charge >= 0.3 is 5.69 Å². The van der Waals surface area contributed by atoms with Gasteiger partial charge in [-0.15, -0.1) is 0 Å². The zero-order chi connectivity index (χ0) is 13.3. The number of carbonyl (C=O) groups is 1. The smallest absolute Gasteiger partial charge is 0.328 e. The van der Waals surface area contributed by atoms with Crippen LogP contribution in [-0.4, -0.2) is 23.8 Å². The largest absolute Gasteiger partial charge is 0.365 e. The number of nitro benzene ring substituents is 1. The molecule has 18 heavy (non-hydrogen) atoms. The molecule has 5 nitrogen and oxygen atoms in total. The van der Waals surface area contributed by atoms with Crippen molar-refractivity contribution in [3.63, 3.8) is 0 Å². The lowest BCUT2D eigenvalue weighted by Gasteiger charge is -2.27. The molecule has 0 aromatic heterocycles. The molecular weight excluding hydrogens is 246 g/mol. The van der Waals surface area contributed by atoms with Crippen molar-refractivity contribution in [2.24, 2.45) is 0 Å². The molecule has 0 spiro atoms. The van der Waals surface area contributed by atoms with Gasteiger partial charge in [-0.1, -0.05) is 0 Å². The summed E-state index contributed by atoms with van der Waals surface area (Å²) in [6, 6.07) is 1.41. The van der Waals surface area contributed by atoms with Crippen molar-refractivity contribution in [2.75, 3.05) is 18.0 Å². The van der Waals surface area contributed by atoms with E-state index in [1.165, 1.54) is 4.90 Å². The molecule has 1 aromatic carbocycles. The lowest BCUT2D eigenvalue weighted by Crippen LogP contribution is -2.34. The fourth-order valence-corrected chi connectivity index (χ4v) is 1.97. The van der Waals surface area contributed by atoms with E-state index in [9.17, 15) is 23.7 Å². The third-order valence-corrected chi connectivity index (χ3v) is 2.85. The standard InChI is InChI=1S/C11H10F2N2O3/c12-7-5-9(13)11(15(17)18)10(6-7)14-3-1-8(16)2-4-14/h5-6H,1-4H2. The van der Waals surface area contributed by atoms with Gasteiger partial charge in [0.25, 0.3) is 0 Å². The first-order chi connectivity index (χ1) is 8.49. The highest BCUT2D eigenvalue weighted by Crippen LogP contribution is 2.33. The number of nitrogens with zero attached hydrogens (tertiary/aromatic N) is 2. The monoisotopic (exact) mass is 256 g/mol. The van der Waals surface area contributed by atoms with Crippen molar-refractivity contribution in [3.8, 4) is 0 Å². The van der Waals surface area contributed by atoms with Gasteiger partial charge < -0.3 is 4.90 Å². The van der Waals surface area contributed by atoms with E-state index in [4.69, 9.17) is 0 Å². The Kier molecular flexibility index (Phi) is 3.22. The third kappa shape index (κ3) is 2.29. The number of Topliss-reactive ketones (excluding diaryl/α,β-unsaturated/α-hetero) is 1. The first kappa shape index (κ1) is 12.4. The molecule has 1 saturated heterocycles. The first-order valence-electron chi connectivity index (χ1n) is 5.39. The number of nitro groups is 1. The highest BCUT2D eigenvalue weighted by atomic mass is 19.1. The van der Waals surface area contributed by atoms with Gasteiger partial charge in [0, 0.05) is 38.1 Å². The number of benzene rings is 1. The molecule has 7 heteroatoms. The molecule has 1 heterocycles. The van der Waals surface area contributed by atoms with Crippen LogP contribution in [0.1, 0.15) is 12.8 Å². The van der Waals surface area contributed by atoms with Crippen molar-refractivity contribution in [2.45, 2.75) is 12.8 Å². The number of rotatable bonds is 2. The lowest BCUT2D eigenvalue weighted by atomic mass is 10.1. The Bertz CT molecular complexity index is 509. The highest BCUT2D eigenvalue weighted by molar-refractivity contribution is 5.81. The molecule has 2 rings (SSSR count). The van der Waals surface area contributed by atoms with E-state index < -0.39 is 22.2 Å². The van der Waals surface area contributed by atoms with Crippen LogP contribution >= 0.6 is 0 Å².